The maximum absolute atomic E-state index is 9.76. The third-order valence-electron chi connectivity index (χ3n) is 3.72. The van der Waals surface area contributed by atoms with E-state index >= 15 is 0 Å². The molecule has 0 amide bonds. The molecule has 110 valence electrons. The molecule has 0 radical (unpaired) electrons. The molecule has 0 aliphatic heterocycles. The molecule has 0 fully saturated rings. The van der Waals surface area contributed by atoms with Gasteiger partial charge in [0.05, 0.1) is 0 Å². The summed E-state index contributed by atoms with van der Waals surface area (Å²) >= 11 is 0. The van der Waals surface area contributed by atoms with Gasteiger partial charge in [-0.2, -0.15) is 0 Å². The number of nitrogens with one attached hydrogen (secondary N) is 1. The van der Waals surface area contributed by atoms with Crippen LogP contribution in [-0.2, 0) is 0 Å². The number of rotatable bonds is 13. The SMILES string of the molecule is CCCCCCCCCCCCNC(C)(O)CC. The Kier molecular flexibility index (Phi) is 11.9. The topological polar surface area (TPSA) is 32.3 Å². The molecule has 0 aliphatic rings. The molecule has 2 nitrogen and oxygen atoms in total. The van der Waals surface area contributed by atoms with Gasteiger partial charge >= 0.3 is 0 Å². The summed E-state index contributed by atoms with van der Waals surface area (Å²) in [6.07, 6.45) is 14.4. The highest BCUT2D eigenvalue weighted by molar-refractivity contribution is 4.66. The van der Waals surface area contributed by atoms with Gasteiger partial charge in [0.1, 0.15) is 5.72 Å². The van der Waals surface area contributed by atoms with E-state index in [0.717, 1.165) is 13.0 Å². The summed E-state index contributed by atoms with van der Waals surface area (Å²) in [5.74, 6) is 0. The summed E-state index contributed by atoms with van der Waals surface area (Å²) in [5, 5.41) is 12.9. The first-order chi connectivity index (χ1) is 8.62. The van der Waals surface area contributed by atoms with Crippen LogP contribution in [0.1, 0.15) is 91.4 Å². The Morgan fingerprint density at radius 3 is 1.67 bits per heavy atom. The maximum atomic E-state index is 9.76. The summed E-state index contributed by atoms with van der Waals surface area (Å²) in [4.78, 5) is 0. The van der Waals surface area contributed by atoms with Crippen LogP contribution in [0.15, 0.2) is 0 Å². The van der Waals surface area contributed by atoms with E-state index in [4.69, 9.17) is 0 Å². The lowest BCUT2D eigenvalue weighted by Crippen LogP contribution is -2.41. The van der Waals surface area contributed by atoms with Crippen molar-refractivity contribution < 1.29 is 5.11 Å². The quantitative estimate of drug-likeness (QED) is 0.373. The van der Waals surface area contributed by atoms with Gasteiger partial charge < -0.3 is 5.11 Å². The largest absolute Gasteiger partial charge is 0.376 e. The van der Waals surface area contributed by atoms with Gasteiger partial charge in [0, 0.05) is 0 Å². The average Bonchev–Trinajstić information content (AvgIpc) is 2.36. The van der Waals surface area contributed by atoms with Crippen LogP contribution in [0, 0.1) is 0 Å². The molecule has 0 saturated heterocycles. The second kappa shape index (κ2) is 12.0. The van der Waals surface area contributed by atoms with Crippen LogP contribution in [0.4, 0.5) is 0 Å². The summed E-state index contributed by atoms with van der Waals surface area (Å²) < 4.78 is 0. The summed E-state index contributed by atoms with van der Waals surface area (Å²) in [6, 6.07) is 0. The van der Waals surface area contributed by atoms with Crippen LogP contribution >= 0.6 is 0 Å². The Bertz CT molecular complexity index is 168. The molecule has 0 aromatic rings. The Morgan fingerprint density at radius 2 is 1.22 bits per heavy atom. The number of unbranched alkanes of at least 4 members (excludes halogenated alkanes) is 9. The molecular formula is C16H35NO. The first kappa shape index (κ1) is 17.9. The third kappa shape index (κ3) is 12.4. The van der Waals surface area contributed by atoms with Gasteiger partial charge in [-0.15, -0.1) is 0 Å². The molecule has 0 heterocycles. The van der Waals surface area contributed by atoms with E-state index in [1.165, 1.54) is 64.2 Å². The van der Waals surface area contributed by atoms with Crippen molar-refractivity contribution >= 4 is 0 Å². The molecule has 0 aromatic carbocycles. The second-order valence-corrected chi connectivity index (χ2v) is 5.74. The van der Waals surface area contributed by atoms with E-state index in [1.807, 2.05) is 13.8 Å². The lowest BCUT2D eigenvalue weighted by atomic mass is 10.1. The zero-order valence-corrected chi connectivity index (χ0v) is 12.9. The highest BCUT2D eigenvalue weighted by Crippen LogP contribution is 2.10. The molecule has 0 saturated carbocycles. The van der Waals surface area contributed by atoms with Crippen LogP contribution in [0.25, 0.3) is 0 Å². The van der Waals surface area contributed by atoms with E-state index in [-0.39, 0.29) is 0 Å². The van der Waals surface area contributed by atoms with E-state index in [0.29, 0.717) is 0 Å². The fourth-order valence-corrected chi connectivity index (χ4v) is 2.10. The Balaban J connectivity index is 3.08. The molecule has 2 heteroatoms. The predicted molar refractivity (Wildman–Crippen MR) is 80.8 cm³/mol. The van der Waals surface area contributed by atoms with Crippen molar-refractivity contribution in [1.82, 2.24) is 5.32 Å². The molecule has 1 atom stereocenters. The molecule has 18 heavy (non-hydrogen) atoms. The van der Waals surface area contributed by atoms with Crippen LogP contribution in [0.3, 0.4) is 0 Å². The first-order valence-electron chi connectivity index (χ1n) is 8.09. The van der Waals surface area contributed by atoms with Gasteiger partial charge in [0.15, 0.2) is 0 Å². The number of hydrogen-bond donors (Lipinski definition) is 2. The maximum Gasteiger partial charge on any atom is 0.112 e. The molecule has 0 spiro atoms. The van der Waals surface area contributed by atoms with Crippen LogP contribution < -0.4 is 5.32 Å². The van der Waals surface area contributed by atoms with Crippen molar-refractivity contribution in [1.29, 1.82) is 0 Å². The molecule has 0 bridgehead atoms. The Labute approximate surface area is 115 Å². The highest BCUT2D eigenvalue weighted by Gasteiger charge is 2.14. The third-order valence-corrected chi connectivity index (χ3v) is 3.72. The fourth-order valence-electron chi connectivity index (χ4n) is 2.10. The standard InChI is InChI=1S/C16H35NO/c1-4-6-7-8-9-10-11-12-13-14-15-17-16(3,18)5-2/h17-18H,4-15H2,1-3H3. The van der Waals surface area contributed by atoms with Crippen LogP contribution in [0.2, 0.25) is 0 Å². The molecule has 2 N–H and O–H groups in total. The zero-order chi connectivity index (χ0) is 13.7. The Morgan fingerprint density at radius 1 is 0.778 bits per heavy atom. The lowest BCUT2D eigenvalue weighted by Gasteiger charge is -2.22. The van der Waals surface area contributed by atoms with Gasteiger partial charge in [0.25, 0.3) is 0 Å². The van der Waals surface area contributed by atoms with Gasteiger partial charge in [-0.05, 0) is 26.3 Å². The fraction of sp³-hybridized carbons (Fsp3) is 1.00. The van der Waals surface area contributed by atoms with Crippen molar-refractivity contribution in [2.45, 2.75) is 97.1 Å². The minimum Gasteiger partial charge on any atom is -0.376 e. The highest BCUT2D eigenvalue weighted by atomic mass is 16.3. The Hall–Kier alpha value is -0.0800. The summed E-state index contributed by atoms with van der Waals surface area (Å²) in [5.41, 5.74) is -0.667. The zero-order valence-electron chi connectivity index (χ0n) is 12.9. The van der Waals surface area contributed by atoms with E-state index in [2.05, 4.69) is 12.2 Å². The molecular weight excluding hydrogens is 222 g/mol. The number of hydrogen-bond acceptors (Lipinski definition) is 2. The van der Waals surface area contributed by atoms with Crippen molar-refractivity contribution in [3.63, 3.8) is 0 Å². The van der Waals surface area contributed by atoms with Gasteiger partial charge in [-0.25, -0.2) is 0 Å². The molecule has 0 rings (SSSR count). The van der Waals surface area contributed by atoms with Crippen LogP contribution in [0.5, 0.6) is 0 Å². The normalized spacial score (nSPS) is 14.7. The molecule has 1 unspecified atom stereocenters. The first-order valence-corrected chi connectivity index (χ1v) is 8.09. The minimum atomic E-state index is -0.667. The lowest BCUT2D eigenvalue weighted by molar-refractivity contribution is 0.0203. The van der Waals surface area contributed by atoms with Crippen molar-refractivity contribution in [2.75, 3.05) is 6.54 Å². The summed E-state index contributed by atoms with van der Waals surface area (Å²) in [7, 11) is 0. The van der Waals surface area contributed by atoms with Crippen molar-refractivity contribution in [3.8, 4) is 0 Å². The smallest absolute Gasteiger partial charge is 0.112 e. The van der Waals surface area contributed by atoms with Gasteiger partial charge in [0.2, 0.25) is 0 Å². The van der Waals surface area contributed by atoms with Gasteiger partial charge in [-0.3, -0.25) is 5.32 Å². The summed E-state index contributed by atoms with van der Waals surface area (Å²) in [6.45, 7) is 7.07. The van der Waals surface area contributed by atoms with E-state index in [9.17, 15) is 5.11 Å². The molecule has 0 aliphatic carbocycles. The van der Waals surface area contributed by atoms with E-state index in [1.54, 1.807) is 0 Å². The predicted octanol–water partition coefficient (Wildman–Crippen LogP) is 4.62. The molecule has 0 aromatic heterocycles. The van der Waals surface area contributed by atoms with Crippen molar-refractivity contribution in [3.05, 3.63) is 0 Å². The van der Waals surface area contributed by atoms with Crippen LogP contribution in [-0.4, -0.2) is 17.4 Å². The number of aliphatic hydroxyl groups is 1. The second-order valence-electron chi connectivity index (χ2n) is 5.74. The van der Waals surface area contributed by atoms with Gasteiger partial charge in [-0.1, -0.05) is 71.6 Å². The minimum absolute atomic E-state index is 0.667. The average molecular weight is 257 g/mol. The van der Waals surface area contributed by atoms with Crippen molar-refractivity contribution in [2.24, 2.45) is 0 Å². The monoisotopic (exact) mass is 257 g/mol. The van der Waals surface area contributed by atoms with E-state index < -0.39 is 5.72 Å².